The number of ketones is 1. The van der Waals surface area contributed by atoms with Crippen LogP contribution in [0.5, 0.6) is 17.4 Å². The molecule has 0 N–H and O–H groups in total. The molecule has 5 rings (SSSR count). The number of benzene rings is 1. The van der Waals surface area contributed by atoms with Crippen LogP contribution in [0.3, 0.4) is 0 Å². The number of Topliss-reactive ketones (excluding diaryl/α,β-unsaturated/α-hetero) is 1. The number of piperidine rings is 1. The molecule has 0 amide bonds. The van der Waals surface area contributed by atoms with Crippen LogP contribution in [-0.2, 0) is 11.2 Å². The third kappa shape index (κ3) is 5.50. The summed E-state index contributed by atoms with van der Waals surface area (Å²) in [4.78, 5) is 22.4. The zero-order valence-electron chi connectivity index (χ0n) is 19.2. The molecule has 6 nitrogen and oxygen atoms in total. The van der Waals surface area contributed by atoms with E-state index >= 15 is 0 Å². The lowest BCUT2D eigenvalue weighted by molar-refractivity contribution is -0.117. The van der Waals surface area contributed by atoms with Crippen LogP contribution < -0.4 is 9.47 Å². The van der Waals surface area contributed by atoms with Crippen LogP contribution in [0.25, 0.3) is 5.57 Å². The van der Waals surface area contributed by atoms with E-state index in [4.69, 9.17) is 9.47 Å². The average Bonchev–Trinajstić information content (AvgIpc) is 3.49. The summed E-state index contributed by atoms with van der Waals surface area (Å²) in [6.45, 7) is 5.55. The second kappa shape index (κ2) is 9.87. The molecule has 0 saturated carbocycles. The van der Waals surface area contributed by atoms with Gasteiger partial charge in [-0.15, -0.1) is 0 Å². The third-order valence-corrected chi connectivity index (χ3v) is 6.83. The van der Waals surface area contributed by atoms with E-state index in [1.807, 2.05) is 42.8 Å². The van der Waals surface area contributed by atoms with Crippen LogP contribution in [0.15, 0.2) is 47.6 Å². The van der Waals surface area contributed by atoms with Crippen molar-refractivity contribution in [3.63, 3.8) is 0 Å². The predicted molar refractivity (Wildman–Crippen MR) is 129 cm³/mol. The summed E-state index contributed by atoms with van der Waals surface area (Å²) >= 11 is 0. The molecule has 0 bridgehead atoms. The Bertz CT molecular complexity index is 1050. The molecule has 1 saturated heterocycles. The van der Waals surface area contributed by atoms with Crippen molar-refractivity contribution >= 4 is 17.6 Å². The summed E-state index contributed by atoms with van der Waals surface area (Å²) < 4.78 is 12.3. The number of ether oxygens (including phenoxy) is 2. The van der Waals surface area contributed by atoms with Crippen LogP contribution >= 0.6 is 0 Å². The van der Waals surface area contributed by atoms with Gasteiger partial charge in [0.25, 0.3) is 0 Å². The molecule has 0 aliphatic carbocycles. The second-order valence-corrected chi connectivity index (χ2v) is 9.37. The summed E-state index contributed by atoms with van der Waals surface area (Å²) in [5.41, 5.74) is 3.48. The van der Waals surface area contributed by atoms with Gasteiger partial charge in [0, 0.05) is 43.9 Å². The SMILES string of the molecule is CC(=O)CCC1CCN(CC2Cc3ccc(Oc4ccc(C5=CC=NC5)cn4)cc3O2)CC1. The first-order chi connectivity index (χ1) is 16.1. The normalized spacial score (nSPS) is 20.4. The number of carbonyl (C=O) groups excluding carboxylic acids is 1. The third-order valence-electron chi connectivity index (χ3n) is 6.83. The molecule has 1 unspecified atom stereocenters. The number of allylic oxidation sites excluding steroid dienone is 1. The number of rotatable bonds is 8. The van der Waals surface area contributed by atoms with Crippen LogP contribution in [0.4, 0.5) is 0 Å². The second-order valence-electron chi connectivity index (χ2n) is 9.37. The molecule has 6 heteroatoms. The van der Waals surface area contributed by atoms with Crippen molar-refractivity contribution in [2.75, 3.05) is 26.2 Å². The summed E-state index contributed by atoms with van der Waals surface area (Å²) in [7, 11) is 0. The summed E-state index contributed by atoms with van der Waals surface area (Å²) in [5, 5.41) is 0. The maximum Gasteiger partial charge on any atom is 0.219 e. The zero-order chi connectivity index (χ0) is 22.6. The molecule has 33 heavy (non-hydrogen) atoms. The van der Waals surface area contributed by atoms with Crippen molar-refractivity contribution in [1.29, 1.82) is 0 Å². The van der Waals surface area contributed by atoms with Crippen molar-refractivity contribution in [3.05, 3.63) is 53.7 Å². The fourth-order valence-corrected chi connectivity index (χ4v) is 4.88. The van der Waals surface area contributed by atoms with Crippen molar-refractivity contribution in [2.24, 2.45) is 10.9 Å². The van der Waals surface area contributed by atoms with Crippen molar-refractivity contribution < 1.29 is 14.3 Å². The van der Waals surface area contributed by atoms with E-state index in [2.05, 4.69) is 20.9 Å². The van der Waals surface area contributed by atoms with Gasteiger partial charge >= 0.3 is 0 Å². The summed E-state index contributed by atoms with van der Waals surface area (Å²) in [5.74, 6) is 3.23. The number of aliphatic imine (C=N–C) groups is 1. The van der Waals surface area contributed by atoms with E-state index in [9.17, 15) is 4.79 Å². The van der Waals surface area contributed by atoms with Gasteiger partial charge in [0.2, 0.25) is 5.88 Å². The van der Waals surface area contributed by atoms with Crippen LogP contribution in [0.1, 0.15) is 43.7 Å². The Morgan fingerprint density at radius 2 is 2.09 bits per heavy atom. The Morgan fingerprint density at radius 3 is 2.82 bits per heavy atom. The molecule has 4 heterocycles. The van der Waals surface area contributed by atoms with Crippen molar-refractivity contribution in [1.82, 2.24) is 9.88 Å². The number of pyridine rings is 1. The van der Waals surface area contributed by atoms with Gasteiger partial charge in [-0.05, 0) is 80.1 Å². The molecule has 1 aromatic carbocycles. The van der Waals surface area contributed by atoms with E-state index in [1.165, 1.54) is 24.0 Å². The first-order valence-corrected chi connectivity index (χ1v) is 12.0. The van der Waals surface area contributed by atoms with E-state index in [1.54, 1.807) is 6.92 Å². The highest BCUT2D eigenvalue weighted by atomic mass is 16.5. The quantitative estimate of drug-likeness (QED) is 0.588. The molecule has 172 valence electrons. The molecule has 1 aromatic heterocycles. The Kier molecular flexibility index (Phi) is 6.53. The standard InChI is InChI=1S/C27H31N3O3/c1-19(31)2-3-20-9-12-30(13-10-20)18-25-14-21-4-6-24(15-26(21)32-25)33-27-7-5-22(17-29-27)23-8-11-28-16-23/h4-8,11,15,17,20,25H,2-3,9-10,12-14,16,18H2,1H3. The maximum absolute atomic E-state index is 11.2. The van der Waals surface area contributed by atoms with E-state index in [0.717, 1.165) is 56.0 Å². The minimum Gasteiger partial charge on any atom is -0.488 e. The van der Waals surface area contributed by atoms with Crippen molar-refractivity contribution in [2.45, 2.75) is 45.1 Å². The fraction of sp³-hybridized carbons (Fsp3) is 0.444. The van der Waals surface area contributed by atoms with Gasteiger partial charge in [-0.25, -0.2) is 4.98 Å². The summed E-state index contributed by atoms with van der Waals surface area (Å²) in [6, 6.07) is 9.99. The Hall–Kier alpha value is -2.99. The lowest BCUT2D eigenvalue weighted by atomic mass is 9.91. The minimum absolute atomic E-state index is 0.184. The molecular formula is C27H31N3O3. The number of hydrogen-bond acceptors (Lipinski definition) is 6. The summed E-state index contributed by atoms with van der Waals surface area (Å²) in [6.07, 6.45) is 10.9. The highest BCUT2D eigenvalue weighted by Gasteiger charge is 2.27. The van der Waals surface area contributed by atoms with Gasteiger partial charge in [0.1, 0.15) is 23.4 Å². The molecule has 3 aliphatic rings. The van der Waals surface area contributed by atoms with Gasteiger partial charge in [0.05, 0.1) is 6.54 Å². The maximum atomic E-state index is 11.2. The molecule has 1 fully saturated rings. The van der Waals surface area contributed by atoms with Gasteiger partial charge in [0.15, 0.2) is 0 Å². The van der Waals surface area contributed by atoms with E-state index in [0.29, 0.717) is 24.1 Å². The Morgan fingerprint density at radius 1 is 1.21 bits per heavy atom. The lowest BCUT2D eigenvalue weighted by Gasteiger charge is -2.33. The van der Waals surface area contributed by atoms with Crippen LogP contribution in [-0.4, -0.2) is 54.2 Å². The molecule has 0 spiro atoms. The highest BCUT2D eigenvalue weighted by molar-refractivity contribution is 5.89. The number of nitrogens with zero attached hydrogens (tertiary/aromatic N) is 3. The first kappa shape index (κ1) is 21.8. The molecule has 3 aliphatic heterocycles. The topological polar surface area (TPSA) is 64.0 Å². The largest absolute Gasteiger partial charge is 0.488 e. The smallest absolute Gasteiger partial charge is 0.219 e. The first-order valence-electron chi connectivity index (χ1n) is 12.0. The minimum atomic E-state index is 0.184. The van der Waals surface area contributed by atoms with Crippen molar-refractivity contribution in [3.8, 4) is 17.4 Å². The predicted octanol–water partition coefficient (Wildman–Crippen LogP) is 4.73. The monoisotopic (exact) mass is 445 g/mol. The Labute approximate surface area is 195 Å². The van der Waals surface area contributed by atoms with Crippen LogP contribution in [0, 0.1) is 5.92 Å². The molecular weight excluding hydrogens is 414 g/mol. The lowest BCUT2D eigenvalue weighted by Crippen LogP contribution is -2.40. The number of aromatic nitrogens is 1. The zero-order valence-corrected chi connectivity index (χ0v) is 19.2. The molecule has 1 atom stereocenters. The fourth-order valence-electron chi connectivity index (χ4n) is 4.88. The van der Waals surface area contributed by atoms with Crippen LogP contribution in [0.2, 0.25) is 0 Å². The van der Waals surface area contributed by atoms with Gasteiger partial charge in [-0.1, -0.05) is 6.07 Å². The van der Waals surface area contributed by atoms with Gasteiger partial charge in [-0.2, -0.15) is 0 Å². The Balaban J connectivity index is 1.12. The number of fused-ring (bicyclic) bond motifs is 1. The van der Waals surface area contributed by atoms with E-state index < -0.39 is 0 Å². The number of hydrogen-bond donors (Lipinski definition) is 0. The van der Waals surface area contributed by atoms with Gasteiger partial charge < -0.3 is 14.3 Å². The number of carbonyl (C=O) groups is 1. The highest BCUT2D eigenvalue weighted by Crippen LogP contribution is 2.35. The average molecular weight is 446 g/mol. The van der Waals surface area contributed by atoms with E-state index in [-0.39, 0.29) is 6.10 Å². The molecule has 0 radical (unpaired) electrons. The molecule has 2 aromatic rings. The van der Waals surface area contributed by atoms with Gasteiger partial charge in [-0.3, -0.25) is 9.89 Å². The number of likely N-dealkylation sites (tertiary alicyclic amines) is 1.